The van der Waals surface area contributed by atoms with Gasteiger partial charge in [0.1, 0.15) is 5.82 Å². The number of aromatic nitrogens is 2. The third-order valence-corrected chi connectivity index (χ3v) is 3.62. The van der Waals surface area contributed by atoms with E-state index in [0.717, 1.165) is 17.7 Å². The van der Waals surface area contributed by atoms with Gasteiger partial charge in [0.25, 0.3) is 0 Å². The number of alkyl halides is 1. The second-order valence-corrected chi connectivity index (χ2v) is 4.68. The first-order valence-electron chi connectivity index (χ1n) is 5.43. The zero-order valence-electron chi connectivity index (χ0n) is 9.31. The van der Waals surface area contributed by atoms with Gasteiger partial charge in [0, 0.05) is 29.8 Å². The molecule has 0 bridgehead atoms. The standard InChI is InChI=1S/C13H15BrN2/c1-11(9-14)10-16-8-7-15-13(16)12-5-3-2-4-6-12/h2-8,11H,9-10H2,1H3. The van der Waals surface area contributed by atoms with Crippen LogP contribution in [0.3, 0.4) is 0 Å². The van der Waals surface area contributed by atoms with Crippen LogP contribution in [0.2, 0.25) is 0 Å². The lowest BCUT2D eigenvalue weighted by molar-refractivity contribution is 0.537. The summed E-state index contributed by atoms with van der Waals surface area (Å²) in [6.07, 6.45) is 3.91. The molecule has 0 aliphatic heterocycles. The maximum Gasteiger partial charge on any atom is 0.139 e. The molecule has 3 heteroatoms. The molecule has 0 saturated heterocycles. The lowest BCUT2D eigenvalue weighted by Gasteiger charge is -2.11. The molecule has 0 fully saturated rings. The smallest absolute Gasteiger partial charge is 0.139 e. The Hall–Kier alpha value is -1.09. The summed E-state index contributed by atoms with van der Waals surface area (Å²) in [4.78, 5) is 4.42. The number of hydrogen-bond donors (Lipinski definition) is 0. The second-order valence-electron chi connectivity index (χ2n) is 4.03. The van der Waals surface area contributed by atoms with Crippen LogP contribution >= 0.6 is 15.9 Å². The Bertz CT molecular complexity index is 436. The van der Waals surface area contributed by atoms with Gasteiger partial charge in [0.05, 0.1) is 0 Å². The predicted octanol–water partition coefficient (Wildman–Crippen LogP) is 3.58. The lowest BCUT2D eigenvalue weighted by Crippen LogP contribution is -2.09. The van der Waals surface area contributed by atoms with Crippen molar-refractivity contribution < 1.29 is 0 Å². The third kappa shape index (κ3) is 2.53. The van der Waals surface area contributed by atoms with Crippen LogP contribution in [-0.4, -0.2) is 14.9 Å². The van der Waals surface area contributed by atoms with E-state index < -0.39 is 0 Å². The second kappa shape index (κ2) is 5.30. The molecule has 2 rings (SSSR count). The van der Waals surface area contributed by atoms with E-state index in [1.165, 1.54) is 5.56 Å². The minimum atomic E-state index is 0.608. The van der Waals surface area contributed by atoms with Gasteiger partial charge >= 0.3 is 0 Å². The van der Waals surface area contributed by atoms with Crippen molar-refractivity contribution in [3.8, 4) is 11.4 Å². The van der Waals surface area contributed by atoms with E-state index in [-0.39, 0.29) is 0 Å². The minimum absolute atomic E-state index is 0.608. The normalized spacial score (nSPS) is 12.6. The molecule has 1 aromatic carbocycles. The van der Waals surface area contributed by atoms with Crippen molar-refractivity contribution in [3.63, 3.8) is 0 Å². The fraction of sp³-hybridized carbons (Fsp3) is 0.308. The highest BCUT2D eigenvalue weighted by atomic mass is 79.9. The van der Waals surface area contributed by atoms with E-state index >= 15 is 0 Å². The van der Waals surface area contributed by atoms with Crippen LogP contribution in [0.5, 0.6) is 0 Å². The average molecular weight is 279 g/mol. The van der Waals surface area contributed by atoms with Gasteiger partial charge in [-0.2, -0.15) is 0 Å². The molecule has 0 aliphatic carbocycles. The van der Waals surface area contributed by atoms with E-state index in [0.29, 0.717) is 5.92 Å². The molecule has 0 amide bonds. The first kappa shape index (κ1) is 11.4. The predicted molar refractivity (Wildman–Crippen MR) is 70.6 cm³/mol. The number of halogens is 1. The zero-order chi connectivity index (χ0) is 11.4. The monoisotopic (exact) mass is 278 g/mol. The SMILES string of the molecule is CC(CBr)Cn1ccnc1-c1ccccc1. The van der Waals surface area contributed by atoms with E-state index in [4.69, 9.17) is 0 Å². The quantitative estimate of drug-likeness (QED) is 0.782. The molecule has 0 saturated carbocycles. The van der Waals surface area contributed by atoms with Gasteiger partial charge in [0.2, 0.25) is 0 Å². The molecule has 0 spiro atoms. The summed E-state index contributed by atoms with van der Waals surface area (Å²) in [6.45, 7) is 3.22. The Morgan fingerprint density at radius 3 is 2.75 bits per heavy atom. The first-order chi connectivity index (χ1) is 7.81. The Labute approximate surface area is 104 Å². The Kier molecular flexibility index (Phi) is 3.78. The number of hydrogen-bond acceptors (Lipinski definition) is 1. The molecule has 16 heavy (non-hydrogen) atoms. The summed E-state index contributed by atoms with van der Waals surface area (Å²) in [5.74, 6) is 1.66. The summed E-state index contributed by atoms with van der Waals surface area (Å²) in [5.41, 5.74) is 1.18. The van der Waals surface area contributed by atoms with Crippen LogP contribution < -0.4 is 0 Å². The Morgan fingerprint density at radius 1 is 1.31 bits per heavy atom. The molecule has 1 heterocycles. The van der Waals surface area contributed by atoms with Gasteiger partial charge in [-0.15, -0.1) is 0 Å². The van der Waals surface area contributed by atoms with Crippen LogP contribution in [-0.2, 0) is 6.54 Å². The molecule has 84 valence electrons. The highest BCUT2D eigenvalue weighted by molar-refractivity contribution is 9.09. The van der Waals surface area contributed by atoms with Crippen LogP contribution in [0, 0.1) is 5.92 Å². The molecule has 1 unspecified atom stereocenters. The van der Waals surface area contributed by atoms with Gasteiger partial charge in [-0.25, -0.2) is 4.98 Å². The molecular formula is C13H15BrN2. The van der Waals surface area contributed by atoms with E-state index in [1.54, 1.807) is 0 Å². The Balaban J connectivity index is 2.26. The molecule has 2 aromatic rings. The molecule has 0 aliphatic rings. The average Bonchev–Trinajstić information content (AvgIpc) is 2.78. The fourth-order valence-electron chi connectivity index (χ4n) is 1.69. The van der Waals surface area contributed by atoms with E-state index in [9.17, 15) is 0 Å². The maximum atomic E-state index is 4.42. The van der Waals surface area contributed by atoms with Crippen molar-refractivity contribution in [2.45, 2.75) is 13.5 Å². The highest BCUT2D eigenvalue weighted by Gasteiger charge is 2.07. The van der Waals surface area contributed by atoms with E-state index in [1.807, 2.05) is 30.6 Å². The van der Waals surface area contributed by atoms with Crippen molar-refractivity contribution in [1.82, 2.24) is 9.55 Å². The molecule has 0 radical (unpaired) electrons. The lowest BCUT2D eigenvalue weighted by atomic mass is 10.2. The number of imidazole rings is 1. The van der Waals surface area contributed by atoms with Gasteiger partial charge in [-0.05, 0) is 5.92 Å². The molecule has 0 N–H and O–H groups in total. The summed E-state index contributed by atoms with van der Waals surface area (Å²) in [7, 11) is 0. The van der Waals surface area contributed by atoms with Crippen LogP contribution in [0.1, 0.15) is 6.92 Å². The summed E-state index contributed by atoms with van der Waals surface area (Å²) in [5, 5.41) is 1.01. The van der Waals surface area contributed by atoms with Crippen molar-refractivity contribution in [2.75, 3.05) is 5.33 Å². The number of rotatable bonds is 4. The molecule has 1 atom stereocenters. The molecule has 1 aromatic heterocycles. The summed E-state index contributed by atoms with van der Waals surface area (Å²) < 4.78 is 2.21. The number of benzene rings is 1. The van der Waals surface area contributed by atoms with Gasteiger partial charge < -0.3 is 4.57 Å². The van der Waals surface area contributed by atoms with Crippen molar-refractivity contribution in [1.29, 1.82) is 0 Å². The van der Waals surface area contributed by atoms with Crippen molar-refractivity contribution in [3.05, 3.63) is 42.7 Å². The highest BCUT2D eigenvalue weighted by Crippen LogP contribution is 2.18. The largest absolute Gasteiger partial charge is 0.331 e. The molecular weight excluding hydrogens is 264 g/mol. The van der Waals surface area contributed by atoms with Gasteiger partial charge in [-0.3, -0.25) is 0 Å². The van der Waals surface area contributed by atoms with E-state index in [2.05, 4.69) is 44.5 Å². The summed E-state index contributed by atoms with van der Waals surface area (Å²) >= 11 is 3.51. The Morgan fingerprint density at radius 2 is 2.06 bits per heavy atom. The van der Waals surface area contributed by atoms with Crippen molar-refractivity contribution >= 4 is 15.9 Å². The minimum Gasteiger partial charge on any atom is -0.331 e. The summed E-state index contributed by atoms with van der Waals surface area (Å²) in [6, 6.07) is 10.3. The van der Waals surface area contributed by atoms with Crippen LogP contribution in [0.15, 0.2) is 42.7 Å². The van der Waals surface area contributed by atoms with Gasteiger partial charge in [-0.1, -0.05) is 53.2 Å². The van der Waals surface area contributed by atoms with Gasteiger partial charge in [0.15, 0.2) is 0 Å². The maximum absolute atomic E-state index is 4.42. The zero-order valence-corrected chi connectivity index (χ0v) is 10.9. The number of nitrogens with zero attached hydrogens (tertiary/aromatic N) is 2. The fourth-order valence-corrected chi connectivity index (χ4v) is 1.89. The first-order valence-corrected chi connectivity index (χ1v) is 6.56. The van der Waals surface area contributed by atoms with Crippen molar-refractivity contribution in [2.24, 2.45) is 5.92 Å². The third-order valence-electron chi connectivity index (χ3n) is 2.52. The topological polar surface area (TPSA) is 17.8 Å². The molecule has 2 nitrogen and oxygen atoms in total. The van der Waals surface area contributed by atoms with Crippen LogP contribution in [0.25, 0.3) is 11.4 Å². The van der Waals surface area contributed by atoms with Crippen LogP contribution in [0.4, 0.5) is 0 Å².